The van der Waals surface area contributed by atoms with Crippen LogP contribution in [0.25, 0.3) is 11.3 Å². The lowest BCUT2D eigenvalue weighted by molar-refractivity contribution is 0.101. The standard InChI is InChI=1S/C12H11NO2/c1-8-11(9(2)14)12(15-13-8)10-6-4-3-5-7-10/h3-7H,1-2H3. The number of carbonyl (C=O) groups excluding carboxylic acids is 1. The van der Waals surface area contributed by atoms with Crippen LogP contribution in [0.2, 0.25) is 0 Å². The van der Waals surface area contributed by atoms with Crippen molar-refractivity contribution >= 4 is 5.78 Å². The van der Waals surface area contributed by atoms with Crippen LogP contribution in [0.15, 0.2) is 34.9 Å². The number of Topliss-reactive ketones (excluding diaryl/α,β-unsaturated/α-hetero) is 1. The van der Waals surface area contributed by atoms with E-state index in [-0.39, 0.29) is 5.78 Å². The molecule has 0 radical (unpaired) electrons. The fraction of sp³-hybridized carbons (Fsp3) is 0.167. The van der Waals surface area contributed by atoms with Crippen LogP contribution in [0, 0.1) is 6.92 Å². The molecule has 15 heavy (non-hydrogen) atoms. The molecule has 0 aliphatic heterocycles. The van der Waals surface area contributed by atoms with Gasteiger partial charge in [0.05, 0.1) is 11.3 Å². The molecular weight excluding hydrogens is 190 g/mol. The maximum Gasteiger partial charge on any atom is 0.177 e. The molecule has 0 N–H and O–H groups in total. The van der Waals surface area contributed by atoms with Crippen LogP contribution in [-0.4, -0.2) is 10.9 Å². The summed E-state index contributed by atoms with van der Waals surface area (Å²) in [6.45, 7) is 3.29. The molecule has 2 aromatic rings. The van der Waals surface area contributed by atoms with Crippen LogP contribution in [0.5, 0.6) is 0 Å². The van der Waals surface area contributed by atoms with E-state index in [0.717, 1.165) is 5.56 Å². The molecule has 1 heterocycles. The second-order valence-corrected chi connectivity index (χ2v) is 3.39. The van der Waals surface area contributed by atoms with E-state index in [9.17, 15) is 4.79 Å². The molecule has 3 heteroatoms. The van der Waals surface area contributed by atoms with E-state index < -0.39 is 0 Å². The second-order valence-electron chi connectivity index (χ2n) is 3.39. The normalized spacial score (nSPS) is 10.3. The highest BCUT2D eigenvalue weighted by molar-refractivity contribution is 6.00. The molecule has 0 saturated carbocycles. The fourth-order valence-electron chi connectivity index (χ4n) is 1.57. The van der Waals surface area contributed by atoms with Gasteiger partial charge in [-0.05, 0) is 13.8 Å². The minimum atomic E-state index is -0.0207. The van der Waals surface area contributed by atoms with Gasteiger partial charge in [0.2, 0.25) is 0 Å². The van der Waals surface area contributed by atoms with Crippen LogP contribution in [-0.2, 0) is 0 Å². The van der Waals surface area contributed by atoms with Crippen molar-refractivity contribution in [3.63, 3.8) is 0 Å². The van der Waals surface area contributed by atoms with E-state index in [1.165, 1.54) is 6.92 Å². The molecule has 0 spiro atoms. The Morgan fingerprint density at radius 1 is 1.27 bits per heavy atom. The quantitative estimate of drug-likeness (QED) is 0.701. The minimum Gasteiger partial charge on any atom is -0.355 e. The maximum absolute atomic E-state index is 11.4. The van der Waals surface area contributed by atoms with Crippen LogP contribution in [0.4, 0.5) is 0 Å². The van der Waals surface area contributed by atoms with Crippen molar-refractivity contribution in [2.24, 2.45) is 0 Å². The number of nitrogens with zero attached hydrogens (tertiary/aromatic N) is 1. The Balaban J connectivity index is 2.59. The molecule has 3 nitrogen and oxygen atoms in total. The minimum absolute atomic E-state index is 0.0207. The maximum atomic E-state index is 11.4. The van der Waals surface area contributed by atoms with Crippen LogP contribution in [0.3, 0.4) is 0 Å². The lowest BCUT2D eigenvalue weighted by atomic mass is 10.0. The van der Waals surface area contributed by atoms with E-state index >= 15 is 0 Å². The summed E-state index contributed by atoms with van der Waals surface area (Å²) in [7, 11) is 0. The summed E-state index contributed by atoms with van der Waals surface area (Å²) >= 11 is 0. The van der Waals surface area contributed by atoms with Gasteiger partial charge in [0, 0.05) is 5.56 Å². The summed E-state index contributed by atoms with van der Waals surface area (Å²) < 4.78 is 5.17. The van der Waals surface area contributed by atoms with E-state index in [2.05, 4.69) is 5.16 Å². The number of hydrogen-bond acceptors (Lipinski definition) is 3. The van der Waals surface area contributed by atoms with Gasteiger partial charge in [-0.2, -0.15) is 0 Å². The third kappa shape index (κ3) is 1.68. The van der Waals surface area contributed by atoms with E-state index in [1.54, 1.807) is 6.92 Å². The summed E-state index contributed by atoms with van der Waals surface area (Å²) in [6.07, 6.45) is 0. The highest BCUT2D eigenvalue weighted by atomic mass is 16.5. The lowest BCUT2D eigenvalue weighted by Crippen LogP contribution is -1.95. The predicted molar refractivity (Wildman–Crippen MR) is 56.7 cm³/mol. The highest BCUT2D eigenvalue weighted by Gasteiger charge is 2.17. The number of aromatic nitrogens is 1. The largest absolute Gasteiger partial charge is 0.355 e. The van der Waals surface area contributed by atoms with E-state index in [1.807, 2.05) is 30.3 Å². The molecule has 0 fully saturated rings. The SMILES string of the molecule is CC(=O)c1c(C)noc1-c1ccccc1. The summed E-state index contributed by atoms with van der Waals surface area (Å²) in [5.41, 5.74) is 2.09. The van der Waals surface area contributed by atoms with Gasteiger partial charge in [0.15, 0.2) is 11.5 Å². The van der Waals surface area contributed by atoms with Crippen LogP contribution >= 0.6 is 0 Å². The molecular formula is C12H11NO2. The van der Waals surface area contributed by atoms with Crippen molar-refractivity contribution in [1.82, 2.24) is 5.16 Å². The topological polar surface area (TPSA) is 43.1 Å². The highest BCUT2D eigenvalue weighted by Crippen LogP contribution is 2.25. The van der Waals surface area contributed by atoms with Crippen molar-refractivity contribution < 1.29 is 9.32 Å². The molecule has 0 bridgehead atoms. The Morgan fingerprint density at radius 3 is 2.53 bits per heavy atom. The van der Waals surface area contributed by atoms with Gasteiger partial charge in [-0.1, -0.05) is 35.5 Å². The molecule has 1 aromatic heterocycles. The fourth-order valence-corrected chi connectivity index (χ4v) is 1.57. The zero-order valence-electron chi connectivity index (χ0n) is 8.65. The Morgan fingerprint density at radius 2 is 1.93 bits per heavy atom. The van der Waals surface area contributed by atoms with Crippen molar-refractivity contribution in [1.29, 1.82) is 0 Å². The predicted octanol–water partition coefficient (Wildman–Crippen LogP) is 2.85. The Hall–Kier alpha value is -1.90. The second kappa shape index (κ2) is 3.69. The molecule has 0 atom stereocenters. The van der Waals surface area contributed by atoms with Gasteiger partial charge in [-0.3, -0.25) is 4.79 Å². The molecule has 0 aliphatic rings. The summed E-state index contributed by atoms with van der Waals surface area (Å²) in [4.78, 5) is 11.4. The summed E-state index contributed by atoms with van der Waals surface area (Å²) in [5.74, 6) is 0.535. The van der Waals surface area contributed by atoms with Gasteiger partial charge in [0.1, 0.15) is 0 Å². The van der Waals surface area contributed by atoms with Crippen molar-refractivity contribution in [2.45, 2.75) is 13.8 Å². The average Bonchev–Trinajstić information content (AvgIpc) is 2.61. The Bertz CT molecular complexity index is 486. The first-order valence-corrected chi connectivity index (χ1v) is 4.73. The van der Waals surface area contributed by atoms with Gasteiger partial charge in [-0.15, -0.1) is 0 Å². The van der Waals surface area contributed by atoms with Gasteiger partial charge < -0.3 is 4.52 Å². The van der Waals surface area contributed by atoms with Crippen molar-refractivity contribution in [2.75, 3.05) is 0 Å². The lowest BCUT2D eigenvalue weighted by Gasteiger charge is -1.97. The first-order valence-electron chi connectivity index (χ1n) is 4.73. The molecule has 0 amide bonds. The molecule has 1 aromatic carbocycles. The van der Waals surface area contributed by atoms with Crippen LogP contribution < -0.4 is 0 Å². The first kappa shape index (κ1) is 9.65. The summed E-state index contributed by atoms with van der Waals surface area (Å²) in [6, 6.07) is 9.51. The van der Waals surface area contributed by atoms with Crippen molar-refractivity contribution in [3.05, 3.63) is 41.6 Å². The molecule has 0 unspecified atom stereocenters. The molecule has 76 valence electrons. The average molecular weight is 201 g/mol. The third-order valence-corrected chi connectivity index (χ3v) is 2.25. The molecule has 0 saturated heterocycles. The number of ketones is 1. The zero-order chi connectivity index (χ0) is 10.8. The zero-order valence-corrected chi connectivity index (χ0v) is 8.65. The monoisotopic (exact) mass is 201 g/mol. The van der Waals surface area contributed by atoms with E-state index in [4.69, 9.17) is 4.52 Å². The first-order chi connectivity index (χ1) is 7.20. The Kier molecular flexibility index (Phi) is 2.37. The third-order valence-electron chi connectivity index (χ3n) is 2.25. The van der Waals surface area contributed by atoms with Crippen molar-refractivity contribution in [3.8, 4) is 11.3 Å². The molecule has 0 aliphatic carbocycles. The number of aryl methyl sites for hydroxylation is 1. The molecule has 2 rings (SSSR count). The Labute approximate surface area is 87.7 Å². The smallest absolute Gasteiger partial charge is 0.177 e. The van der Waals surface area contributed by atoms with Crippen LogP contribution in [0.1, 0.15) is 23.0 Å². The number of rotatable bonds is 2. The summed E-state index contributed by atoms with van der Waals surface area (Å²) in [5, 5.41) is 3.82. The van der Waals surface area contributed by atoms with Gasteiger partial charge in [-0.25, -0.2) is 0 Å². The number of hydrogen-bond donors (Lipinski definition) is 0. The number of benzene rings is 1. The number of carbonyl (C=O) groups is 1. The van der Waals surface area contributed by atoms with E-state index in [0.29, 0.717) is 17.0 Å². The van der Waals surface area contributed by atoms with Gasteiger partial charge in [0.25, 0.3) is 0 Å². The van der Waals surface area contributed by atoms with Gasteiger partial charge >= 0.3 is 0 Å².